The van der Waals surface area contributed by atoms with E-state index in [1.807, 2.05) is 0 Å². The van der Waals surface area contributed by atoms with Gasteiger partial charge in [-0.2, -0.15) is 0 Å². The predicted molar refractivity (Wildman–Crippen MR) is 251 cm³/mol. The molecule has 9 aromatic rings. The first-order valence-corrected chi connectivity index (χ1v) is 20.6. The van der Waals surface area contributed by atoms with Crippen LogP contribution in [-0.2, 0) is 10.8 Å². The molecule has 9 aromatic carbocycles. The fourth-order valence-electron chi connectivity index (χ4n) is 8.78. The molecule has 0 N–H and O–H groups in total. The summed E-state index contributed by atoms with van der Waals surface area (Å²) >= 11 is 0. The van der Waals surface area contributed by atoms with Gasteiger partial charge in [0, 0.05) is 0 Å². The van der Waals surface area contributed by atoms with Gasteiger partial charge in [-0.3, -0.25) is 0 Å². The first-order valence-electron chi connectivity index (χ1n) is 20.6. The van der Waals surface area contributed by atoms with E-state index >= 15 is 0 Å². The topological polar surface area (TPSA) is 0 Å². The summed E-state index contributed by atoms with van der Waals surface area (Å²) in [5.41, 5.74) is 17.3. The van der Waals surface area contributed by atoms with Gasteiger partial charge >= 0.3 is 0 Å². The summed E-state index contributed by atoms with van der Waals surface area (Å²) in [4.78, 5) is 0. The Morgan fingerprint density at radius 1 is 0.241 bits per heavy atom. The molecule has 0 nitrogen and oxygen atoms in total. The molecule has 0 bridgehead atoms. The standard InChI is InChI=1S/C58H50/c1-57(2,3)43-33-35-49-51(37-43)55(53-45(39-21-11-7-12-22-39)29-19-30-46(53)40-23-13-8-14-24-40)50-36-34-44(58(4,5)6)38-52(50)56(49)54-47(41-25-15-9-16-26-41)31-20-32-48(54)42-27-17-10-18-28-42/h7-38H,1-6H3. The van der Waals surface area contributed by atoms with E-state index in [1.165, 1.54) is 99.4 Å². The van der Waals surface area contributed by atoms with Crippen LogP contribution < -0.4 is 0 Å². The van der Waals surface area contributed by atoms with Crippen molar-refractivity contribution in [1.82, 2.24) is 0 Å². The molecule has 9 rings (SSSR count). The van der Waals surface area contributed by atoms with Crippen LogP contribution in [0.2, 0.25) is 0 Å². The summed E-state index contributed by atoms with van der Waals surface area (Å²) in [6, 6.07) is 72.2. The minimum Gasteiger partial charge on any atom is -0.0622 e. The SMILES string of the molecule is CC(C)(C)c1ccc2c(-c3c(-c4ccccc4)cccc3-c3ccccc3)c3cc(C(C)(C)C)ccc3c(-c3c(-c4ccccc4)cccc3-c3ccccc3)c2c1. The smallest absolute Gasteiger partial charge is 0.00138 e. The van der Waals surface area contributed by atoms with Crippen LogP contribution in [0, 0.1) is 0 Å². The Hall–Kier alpha value is -6.50. The molecule has 0 aromatic heterocycles. The molecule has 0 amide bonds. The van der Waals surface area contributed by atoms with E-state index in [0.717, 1.165) is 0 Å². The van der Waals surface area contributed by atoms with Crippen LogP contribution in [0.1, 0.15) is 52.7 Å². The van der Waals surface area contributed by atoms with Crippen molar-refractivity contribution in [2.24, 2.45) is 0 Å². The Kier molecular flexibility index (Phi) is 9.45. The first kappa shape index (κ1) is 37.1. The van der Waals surface area contributed by atoms with Crippen LogP contribution in [0.15, 0.2) is 194 Å². The van der Waals surface area contributed by atoms with Gasteiger partial charge in [0.05, 0.1) is 0 Å². The van der Waals surface area contributed by atoms with Crippen LogP contribution in [0.4, 0.5) is 0 Å². The third-order valence-electron chi connectivity index (χ3n) is 11.8. The van der Waals surface area contributed by atoms with Gasteiger partial charge in [-0.25, -0.2) is 0 Å². The van der Waals surface area contributed by atoms with Crippen molar-refractivity contribution in [1.29, 1.82) is 0 Å². The predicted octanol–water partition coefficient (Wildman–Crippen LogP) is 16.6. The number of benzene rings is 9. The van der Waals surface area contributed by atoms with Gasteiger partial charge in [-0.1, -0.05) is 224 Å². The second-order valence-electron chi connectivity index (χ2n) is 17.7. The minimum absolute atomic E-state index is 0.0605. The second-order valence-corrected chi connectivity index (χ2v) is 17.7. The maximum absolute atomic E-state index is 2.51. The van der Waals surface area contributed by atoms with E-state index in [1.54, 1.807) is 0 Å². The lowest BCUT2D eigenvalue weighted by Gasteiger charge is -2.28. The highest BCUT2D eigenvalue weighted by Gasteiger charge is 2.27. The zero-order valence-corrected chi connectivity index (χ0v) is 34.5. The molecule has 0 spiro atoms. The van der Waals surface area contributed by atoms with Gasteiger partial charge in [0.15, 0.2) is 0 Å². The summed E-state index contributed by atoms with van der Waals surface area (Å²) in [5.74, 6) is 0. The number of rotatable bonds is 6. The molecule has 0 unspecified atom stereocenters. The number of hydrogen-bond acceptors (Lipinski definition) is 0. The molecule has 0 aliphatic heterocycles. The van der Waals surface area contributed by atoms with Gasteiger partial charge in [0.25, 0.3) is 0 Å². The Labute approximate surface area is 344 Å². The first-order chi connectivity index (χ1) is 28.1. The molecule has 0 atom stereocenters. The summed E-state index contributed by atoms with van der Waals surface area (Å²) in [6.45, 7) is 14.0. The average molecular weight is 747 g/mol. The van der Waals surface area contributed by atoms with E-state index in [0.29, 0.717) is 0 Å². The zero-order valence-electron chi connectivity index (χ0n) is 34.5. The lowest BCUT2D eigenvalue weighted by atomic mass is 9.76. The fraction of sp³-hybridized carbons (Fsp3) is 0.138. The lowest BCUT2D eigenvalue weighted by molar-refractivity contribution is 0.590. The molecule has 0 saturated carbocycles. The van der Waals surface area contributed by atoms with E-state index in [4.69, 9.17) is 0 Å². The second kappa shape index (κ2) is 14.8. The molecule has 0 aliphatic carbocycles. The molecule has 0 radical (unpaired) electrons. The summed E-state index contributed by atoms with van der Waals surface area (Å²) in [6.07, 6.45) is 0. The van der Waals surface area contributed by atoms with Crippen molar-refractivity contribution in [2.45, 2.75) is 52.4 Å². The van der Waals surface area contributed by atoms with Gasteiger partial charge in [0.2, 0.25) is 0 Å². The van der Waals surface area contributed by atoms with Crippen molar-refractivity contribution < 1.29 is 0 Å². The Morgan fingerprint density at radius 2 is 0.517 bits per heavy atom. The van der Waals surface area contributed by atoms with Crippen LogP contribution >= 0.6 is 0 Å². The van der Waals surface area contributed by atoms with Gasteiger partial charge in [-0.05, 0) is 122 Å². The average Bonchev–Trinajstić information content (AvgIpc) is 3.25. The van der Waals surface area contributed by atoms with Gasteiger partial charge < -0.3 is 0 Å². The van der Waals surface area contributed by atoms with Crippen molar-refractivity contribution in [3.8, 4) is 66.8 Å². The largest absolute Gasteiger partial charge is 0.0622 e. The Bertz CT molecular complexity index is 2590. The molecular weight excluding hydrogens is 697 g/mol. The number of fused-ring (bicyclic) bond motifs is 2. The normalized spacial score (nSPS) is 12.0. The van der Waals surface area contributed by atoms with E-state index < -0.39 is 0 Å². The Morgan fingerprint density at radius 3 is 0.776 bits per heavy atom. The van der Waals surface area contributed by atoms with Crippen molar-refractivity contribution in [2.75, 3.05) is 0 Å². The molecule has 0 heterocycles. The van der Waals surface area contributed by atoms with Crippen LogP contribution in [0.3, 0.4) is 0 Å². The van der Waals surface area contributed by atoms with E-state index in [2.05, 4.69) is 236 Å². The summed E-state index contributed by atoms with van der Waals surface area (Å²) < 4.78 is 0. The van der Waals surface area contributed by atoms with Crippen LogP contribution in [0.25, 0.3) is 88.3 Å². The highest BCUT2D eigenvalue weighted by molar-refractivity contribution is 6.26. The lowest BCUT2D eigenvalue weighted by Crippen LogP contribution is -2.11. The third-order valence-corrected chi connectivity index (χ3v) is 11.8. The van der Waals surface area contributed by atoms with Crippen molar-refractivity contribution in [3.05, 3.63) is 205 Å². The van der Waals surface area contributed by atoms with Gasteiger partial charge in [0.1, 0.15) is 0 Å². The molecule has 0 heteroatoms. The quantitative estimate of drug-likeness (QED) is 0.149. The highest BCUT2D eigenvalue weighted by atomic mass is 14.3. The van der Waals surface area contributed by atoms with Crippen molar-refractivity contribution in [3.63, 3.8) is 0 Å². The Balaban J connectivity index is 1.55. The summed E-state index contributed by atoms with van der Waals surface area (Å²) in [5, 5.41) is 5.04. The van der Waals surface area contributed by atoms with E-state index in [-0.39, 0.29) is 10.8 Å². The molecule has 0 aliphatic rings. The van der Waals surface area contributed by atoms with Crippen LogP contribution in [-0.4, -0.2) is 0 Å². The van der Waals surface area contributed by atoms with Crippen LogP contribution in [0.5, 0.6) is 0 Å². The minimum atomic E-state index is -0.0605. The third kappa shape index (κ3) is 6.73. The summed E-state index contributed by atoms with van der Waals surface area (Å²) in [7, 11) is 0. The molecule has 282 valence electrons. The van der Waals surface area contributed by atoms with Crippen molar-refractivity contribution >= 4 is 21.5 Å². The molecule has 0 fully saturated rings. The maximum atomic E-state index is 2.51. The molecular formula is C58H50. The molecule has 0 saturated heterocycles. The molecule has 58 heavy (non-hydrogen) atoms. The number of hydrogen-bond donors (Lipinski definition) is 0. The monoisotopic (exact) mass is 746 g/mol. The highest BCUT2D eigenvalue weighted by Crippen LogP contribution is 2.53. The van der Waals surface area contributed by atoms with E-state index in [9.17, 15) is 0 Å². The fourth-order valence-corrected chi connectivity index (χ4v) is 8.78. The maximum Gasteiger partial charge on any atom is -0.00138 e. The zero-order chi connectivity index (χ0) is 40.0. The van der Waals surface area contributed by atoms with Gasteiger partial charge in [-0.15, -0.1) is 0 Å².